The summed E-state index contributed by atoms with van der Waals surface area (Å²) in [6.45, 7) is 1.64. The molecule has 0 saturated heterocycles. The first-order chi connectivity index (χ1) is 20.4. The fourth-order valence-corrected chi connectivity index (χ4v) is 6.02. The van der Waals surface area contributed by atoms with Crippen LogP contribution in [0.1, 0.15) is 86.6 Å². The Morgan fingerprint density at radius 1 is 1.09 bits per heavy atom. The highest BCUT2D eigenvalue weighted by Gasteiger charge is 2.47. The van der Waals surface area contributed by atoms with E-state index in [1.807, 2.05) is 0 Å². The van der Waals surface area contributed by atoms with Crippen molar-refractivity contribution in [1.29, 1.82) is 0 Å². The van der Waals surface area contributed by atoms with Gasteiger partial charge in [0, 0.05) is 17.8 Å². The van der Waals surface area contributed by atoms with Gasteiger partial charge in [-0.1, -0.05) is 12.5 Å². The number of pyridine rings is 1. The maximum Gasteiger partial charge on any atom is 0.586 e. The minimum atomic E-state index is -4.75. The van der Waals surface area contributed by atoms with Crippen LogP contribution in [0.2, 0.25) is 0 Å². The molecule has 1 aromatic carbocycles. The van der Waals surface area contributed by atoms with E-state index in [2.05, 4.69) is 19.6 Å². The number of carboxylic acid groups (broad SMARTS) is 1. The lowest BCUT2D eigenvalue weighted by Gasteiger charge is -2.38. The summed E-state index contributed by atoms with van der Waals surface area (Å²) in [5.74, 6) is -1.37. The van der Waals surface area contributed by atoms with Crippen LogP contribution in [0.25, 0.3) is 5.69 Å². The number of hydrogen-bond donors (Lipinski definition) is 1. The predicted octanol–water partition coefficient (Wildman–Crippen LogP) is 6.93. The zero-order valence-corrected chi connectivity index (χ0v) is 23.0. The minimum Gasteiger partial charge on any atom is -0.479 e. The Labute approximate surface area is 242 Å². The molecule has 2 aromatic heterocycles. The van der Waals surface area contributed by atoms with Crippen LogP contribution in [0.4, 0.5) is 22.0 Å². The molecule has 0 amide bonds. The number of carboxylic acids is 1. The molecule has 0 bridgehead atoms. The third-order valence-electron chi connectivity index (χ3n) is 8.06. The maximum atomic E-state index is 14.2. The summed E-state index contributed by atoms with van der Waals surface area (Å²) < 4.78 is 91.6. The van der Waals surface area contributed by atoms with E-state index in [0.29, 0.717) is 31.2 Å². The van der Waals surface area contributed by atoms with Crippen molar-refractivity contribution in [1.82, 2.24) is 14.8 Å². The summed E-state index contributed by atoms with van der Waals surface area (Å²) in [6, 6.07) is 7.05. The highest BCUT2D eigenvalue weighted by molar-refractivity contribution is 5.77. The van der Waals surface area contributed by atoms with Crippen molar-refractivity contribution in [2.24, 2.45) is 0 Å². The van der Waals surface area contributed by atoms with E-state index in [1.165, 1.54) is 36.5 Å². The maximum absolute atomic E-state index is 14.2. The molecular weight excluding hydrogens is 581 g/mol. The molecule has 1 N–H and O–H groups in total. The van der Waals surface area contributed by atoms with Crippen LogP contribution in [-0.2, 0) is 22.1 Å². The van der Waals surface area contributed by atoms with E-state index in [4.69, 9.17) is 9.47 Å². The number of alkyl halides is 5. The summed E-state index contributed by atoms with van der Waals surface area (Å²) in [5.41, 5.74) is -1.73. The average Bonchev–Trinajstić information content (AvgIpc) is 3.50. The quantitative estimate of drug-likeness (QED) is 0.288. The summed E-state index contributed by atoms with van der Waals surface area (Å²) in [5, 5.41) is 14.0. The number of carbonyl (C=O) groups is 1. The lowest BCUT2D eigenvalue weighted by molar-refractivity contribution is -0.286. The van der Waals surface area contributed by atoms with E-state index in [1.54, 1.807) is 6.92 Å². The number of nitrogens with zero attached hydrogens (tertiary/aromatic N) is 3. The van der Waals surface area contributed by atoms with Gasteiger partial charge in [-0.15, -0.1) is 8.78 Å². The fourth-order valence-electron chi connectivity index (χ4n) is 6.02. The molecule has 1 fully saturated rings. The molecule has 1 aliphatic heterocycles. The van der Waals surface area contributed by atoms with E-state index in [-0.39, 0.29) is 53.6 Å². The second-order valence-corrected chi connectivity index (χ2v) is 11.0. The molecule has 14 heteroatoms. The number of benzene rings is 1. The molecule has 0 spiro atoms. The van der Waals surface area contributed by atoms with Crippen LogP contribution >= 0.6 is 0 Å². The minimum absolute atomic E-state index is 0.0232. The lowest BCUT2D eigenvalue weighted by Crippen LogP contribution is -2.45. The predicted molar refractivity (Wildman–Crippen MR) is 138 cm³/mol. The molecule has 6 rings (SSSR count). The fraction of sp³-hybridized carbons (Fsp3) is 0.483. The van der Waals surface area contributed by atoms with Crippen LogP contribution in [0.3, 0.4) is 0 Å². The molecule has 3 heterocycles. The largest absolute Gasteiger partial charge is 0.586 e. The molecule has 230 valence electrons. The number of halogens is 5. The standard InChI is InChI=1S/C29H28F5N3O6/c1-16(17-8-9-20-22(14-17)43-29(33,34)42-20)40-23-15-18(10-13-35-23)37-24-19(25(36-37)28(30,31)32)6-5-7-21(24)41-27(26(38)39)11-3-2-4-12-27/h8-10,13-16,21H,2-7,11-12H2,1H3,(H,38,39)/t16-,21+/m0/s1. The van der Waals surface area contributed by atoms with Crippen molar-refractivity contribution in [2.45, 2.75) is 88.6 Å². The van der Waals surface area contributed by atoms with E-state index < -0.39 is 41.9 Å². The van der Waals surface area contributed by atoms with Crippen LogP contribution in [-0.4, -0.2) is 37.7 Å². The van der Waals surface area contributed by atoms with Crippen LogP contribution in [0.5, 0.6) is 17.4 Å². The first-order valence-corrected chi connectivity index (χ1v) is 14.0. The van der Waals surface area contributed by atoms with Crippen LogP contribution < -0.4 is 14.2 Å². The van der Waals surface area contributed by atoms with Gasteiger partial charge in [-0.05, 0) is 75.6 Å². The van der Waals surface area contributed by atoms with Crippen LogP contribution in [0.15, 0.2) is 36.5 Å². The Morgan fingerprint density at radius 3 is 2.56 bits per heavy atom. The van der Waals surface area contributed by atoms with Gasteiger partial charge in [0.05, 0.1) is 11.4 Å². The van der Waals surface area contributed by atoms with Gasteiger partial charge in [-0.3, -0.25) is 0 Å². The monoisotopic (exact) mass is 609 g/mol. The highest BCUT2D eigenvalue weighted by Crippen LogP contribution is 2.46. The lowest BCUT2D eigenvalue weighted by atomic mass is 9.83. The van der Waals surface area contributed by atoms with E-state index in [0.717, 1.165) is 11.1 Å². The summed E-state index contributed by atoms with van der Waals surface area (Å²) >= 11 is 0. The smallest absolute Gasteiger partial charge is 0.479 e. The van der Waals surface area contributed by atoms with Gasteiger partial charge < -0.3 is 24.1 Å². The number of ether oxygens (including phenoxy) is 4. The average molecular weight is 610 g/mol. The second kappa shape index (κ2) is 10.6. The number of aromatic nitrogens is 3. The van der Waals surface area contributed by atoms with Crippen molar-refractivity contribution >= 4 is 5.97 Å². The van der Waals surface area contributed by atoms with E-state index >= 15 is 0 Å². The highest BCUT2D eigenvalue weighted by atomic mass is 19.4. The zero-order chi connectivity index (χ0) is 30.6. The van der Waals surface area contributed by atoms with Gasteiger partial charge in [-0.2, -0.15) is 18.3 Å². The number of rotatable bonds is 7. The molecule has 2 atom stereocenters. The molecule has 3 aromatic rings. The summed E-state index contributed by atoms with van der Waals surface area (Å²) in [4.78, 5) is 16.5. The molecule has 9 nitrogen and oxygen atoms in total. The Hall–Kier alpha value is -3.94. The molecule has 3 aliphatic rings. The van der Waals surface area contributed by atoms with Crippen molar-refractivity contribution in [2.75, 3.05) is 0 Å². The third-order valence-corrected chi connectivity index (χ3v) is 8.06. The first kappa shape index (κ1) is 29.1. The number of aliphatic carboxylic acids is 1. The Morgan fingerprint density at radius 2 is 1.84 bits per heavy atom. The summed E-state index contributed by atoms with van der Waals surface area (Å²) in [6.07, 6.45) is -5.30. The topological polar surface area (TPSA) is 105 Å². The first-order valence-electron chi connectivity index (χ1n) is 14.0. The van der Waals surface area contributed by atoms with Crippen molar-refractivity contribution < 1.29 is 50.8 Å². The number of hydrogen-bond acceptors (Lipinski definition) is 7. The molecule has 2 aliphatic carbocycles. The third kappa shape index (κ3) is 5.59. The molecule has 0 radical (unpaired) electrons. The Kier molecular flexibility index (Phi) is 7.22. The van der Waals surface area contributed by atoms with Gasteiger partial charge in [0.1, 0.15) is 12.2 Å². The Bertz CT molecular complexity index is 1540. The molecule has 0 unspecified atom stereocenters. The molecule has 43 heavy (non-hydrogen) atoms. The van der Waals surface area contributed by atoms with Gasteiger partial charge >= 0.3 is 18.4 Å². The van der Waals surface area contributed by atoms with Gasteiger partial charge in [-0.25, -0.2) is 14.5 Å². The second-order valence-electron chi connectivity index (χ2n) is 11.0. The van der Waals surface area contributed by atoms with Gasteiger partial charge in [0.2, 0.25) is 5.88 Å². The van der Waals surface area contributed by atoms with Crippen molar-refractivity contribution in [3.63, 3.8) is 0 Å². The normalized spacial score (nSPS) is 21.2. The van der Waals surface area contributed by atoms with Crippen LogP contribution in [0, 0.1) is 0 Å². The van der Waals surface area contributed by atoms with Gasteiger partial charge in [0.15, 0.2) is 22.8 Å². The molecule has 1 saturated carbocycles. The zero-order valence-electron chi connectivity index (χ0n) is 23.0. The number of fused-ring (bicyclic) bond motifs is 2. The summed E-state index contributed by atoms with van der Waals surface area (Å²) in [7, 11) is 0. The van der Waals surface area contributed by atoms with Gasteiger partial charge in [0.25, 0.3) is 0 Å². The Balaban J connectivity index is 1.33. The van der Waals surface area contributed by atoms with Crippen molar-refractivity contribution in [3.05, 3.63) is 59.0 Å². The van der Waals surface area contributed by atoms with E-state index in [9.17, 15) is 31.9 Å². The van der Waals surface area contributed by atoms with Crippen molar-refractivity contribution in [3.8, 4) is 23.1 Å². The SMILES string of the molecule is C[C@H](Oc1cc(-n2nc(C(F)(F)F)c3c2[C@H](OC2(C(=O)O)CCCCC2)CCC3)ccn1)c1ccc2c(c1)OC(F)(F)O2. The molecular formula is C29H28F5N3O6.